The fourth-order valence-corrected chi connectivity index (χ4v) is 5.10. The van der Waals surface area contributed by atoms with Gasteiger partial charge in [-0.25, -0.2) is 43.2 Å². The maximum Gasteiger partial charge on any atom is 0.519 e. The molecule has 0 saturated carbocycles. The number of hydrogen-bond acceptors (Lipinski definition) is 21. The molecule has 4 unspecified atom stereocenters. The molecule has 0 aliphatic heterocycles. The van der Waals surface area contributed by atoms with Gasteiger partial charge in [-0.1, -0.05) is 0 Å². The molecule has 0 aliphatic carbocycles. The minimum absolute atomic E-state index is 0.578. The van der Waals surface area contributed by atoms with Crippen LogP contribution in [0.25, 0.3) is 0 Å². The van der Waals surface area contributed by atoms with Crippen molar-refractivity contribution in [2.45, 2.75) is 132 Å². The van der Waals surface area contributed by atoms with Gasteiger partial charge in [-0.3, -0.25) is 40.4 Å². The molecule has 0 rings (SSSR count). The third-order valence-electron chi connectivity index (χ3n) is 5.84. The Morgan fingerprint density at radius 1 is 0.352 bits per heavy atom. The van der Waals surface area contributed by atoms with E-state index < -0.39 is 153 Å². The first-order valence-electron chi connectivity index (χ1n) is 19.3. The molecule has 36 heteroatoms. The van der Waals surface area contributed by atoms with Crippen LogP contribution in [0.3, 0.4) is 0 Å². The predicted molar refractivity (Wildman–Crippen MR) is 251 cm³/mol. The number of hydrogen-bond donors (Lipinski definition) is 13. The van der Waals surface area contributed by atoms with Crippen LogP contribution in [0.2, 0.25) is 0 Å². The van der Waals surface area contributed by atoms with Gasteiger partial charge in [0.2, 0.25) is 0 Å². The summed E-state index contributed by atoms with van der Waals surface area (Å²) in [4.78, 5) is 147. The van der Waals surface area contributed by atoms with E-state index in [0.29, 0.717) is 0 Å². The maximum absolute atomic E-state index is 12.3. The first-order valence-corrected chi connectivity index (χ1v) is 23.5. The summed E-state index contributed by atoms with van der Waals surface area (Å²) < 4.78 is 28.0. The number of nitrogens with two attached hydrogens (primary N) is 2. The van der Waals surface area contributed by atoms with E-state index in [0.717, 1.165) is 0 Å². The first-order chi connectivity index (χ1) is 31.7. The van der Waals surface area contributed by atoms with E-state index in [-0.39, 0.29) is 0 Å². The highest BCUT2D eigenvalue weighted by Crippen LogP contribution is 2.24. The van der Waals surface area contributed by atoms with Crippen LogP contribution in [-0.4, -0.2) is 132 Å². The Bertz CT molecular complexity index is 1820. The van der Waals surface area contributed by atoms with Crippen LogP contribution in [0.5, 0.6) is 0 Å². The number of nitrogens with one attached hydrogen (secondary N) is 6. The van der Waals surface area contributed by atoms with Crippen molar-refractivity contribution in [2.24, 2.45) is 21.8 Å². The van der Waals surface area contributed by atoms with E-state index in [1.807, 2.05) is 10.2 Å². The first kappa shape index (κ1) is 71.5. The predicted octanol–water partition coefficient (Wildman–Crippen LogP) is 2.10. The lowest BCUT2D eigenvalue weighted by Crippen LogP contribution is -2.59. The standard InChI is InChI=1S/C15H26N4O10P2.C10H18O5.C5H10N4O6P2.C5H10O3/c1-13(2,3)28-11(26)18-30-16-7(20)15(9(22)23,10(24)25)8(21)17-31-19-12(27)29-14(4,5)6;1-9(2,3)14-7(11)13-8(12)15-10(4,5)6;6-16-8-1(10)5(3(12)13,4(14)15)2(11)9-17-7;1-5(2,3)8-4(6)7/h30-31H,1-6H3,(H,16,20)(H,17,21)(H,18,26)(H,19,27)(H,22,23)(H,24,25);1-6H3;16-17H,6-7H2,(H,8,10)(H,9,11)(H,12,13)(H,14,15);1-3H3,(H,6,7). The summed E-state index contributed by atoms with van der Waals surface area (Å²) in [5.74, 6) is -15.3. The molecule has 71 heavy (non-hydrogen) atoms. The summed E-state index contributed by atoms with van der Waals surface area (Å²) in [5.41, 5.74) is -0.637. The van der Waals surface area contributed by atoms with Crippen molar-refractivity contribution in [3.05, 3.63) is 0 Å². The summed E-state index contributed by atoms with van der Waals surface area (Å²) in [7, 11) is -3.48. The minimum Gasteiger partial charge on any atom is -0.480 e. The van der Waals surface area contributed by atoms with Gasteiger partial charge in [0, 0.05) is 17.8 Å². The summed E-state index contributed by atoms with van der Waals surface area (Å²) in [6.07, 6.45) is -5.27. The summed E-state index contributed by atoms with van der Waals surface area (Å²) in [6, 6.07) is 0. The molecule has 0 aromatic rings. The van der Waals surface area contributed by atoms with Gasteiger partial charge in [-0.15, -0.1) is 0 Å². The molecule has 32 nitrogen and oxygen atoms in total. The van der Waals surface area contributed by atoms with Gasteiger partial charge in [-0.05, 0) is 104 Å². The van der Waals surface area contributed by atoms with Crippen molar-refractivity contribution in [2.75, 3.05) is 0 Å². The van der Waals surface area contributed by atoms with Crippen LogP contribution in [0.15, 0.2) is 0 Å². The van der Waals surface area contributed by atoms with E-state index in [4.69, 9.17) is 45.3 Å². The highest BCUT2D eigenvalue weighted by Gasteiger charge is 2.62. The van der Waals surface area contributed by atoms with Gasteiger partial charge >= 0.3 is 65.4 Å². The number of carboxylic acid groups (broad SMARTS) is 5. The van der Waals surface area contributed by atoms with Crippen LogP contribution in [-0.2, 0) is 66.8 Å². The Labute approximate surface area is 413 Å². The largest absolute Gasteiger partial charge is 0.519 e. The van der Waals surface area contributed by atoms with Gasteiger partial charge in [0.1, 0.15) is 28.0 Å². The van der Waals surface area contributed by atoms with Crippen LogP contribution >= 0.6 is 35.5 Å². The molecular weight excluding hydrogens is 1040 g/mol. The lowest BCUT2D eigenvalue weighted by atomic mass is 9.86. The van der Waals surface area contributed by atoms with Crippen LogP contribution in [0.4, 0.5) is 24.0 Å². The molecule has 6 amide bonds. The molecule has 0 heterocycles. The zero-order valence-electron chi connectivity index (χ0n) is 41.1. The topological polar surface area (TPSA) is 503 Å². The highest BCUT2D eigenvalue weighted by molar-refractivity contribution is 7.36. The number of carboxylic acids is 4. The van der Waals surface area contributed by atoms with Gasteiger partial charge < -0.3 is 74.3 Å². The summed E-state index contributed by atoms with van der Waals surface area (Å²) >= 11 is 0. The van der Waals surface area contributed by atoms with Crippen molar-refractivity contribution in [1.82, 2.24) is 30.5 Å². The van der Waals surface area contributed by atoms with E-state index in [1.54, 1.807) is 114 Å². The molecule has 0 fully saturated rings. The third-order valence-corrected chi connectivity index (χ3v) is 7.94. The average Bonchev–Trinajstić information content (AvgIpc) is 3.08. The van der Waals surface area contributed by atoms with Gasteiger partial charge in [0.05, 0.1) is 17.8 Å². The second-order valence-corrected chi connectivity index (χ2v) is 20.4. The number of carbonyl (C=O) groups is 13. The van der Waals surface area contributed by atoms with Crippen LogP contribution in [0, 0.1) is 10.8 Å². The summed E-state index contributed by atoms with van der Waals surface area (Å²) in [6.45, 7) is 24.5. The lowest BCUT2D eigenvalue weighted by Gasteiger charge is -2.24. The summed E-state index contributed by atoms with van der Waals surface area (Å²) in [5, 5.41) is 55.8. The number of amides is 6. The second-order valence-electron chi connectivity index (χ2n) is 17.8. The molecule has 0 bridgehead atoms. The van der Waals surface area contributed by atoms with Crippen molar-refractivity contribution in [3.63, 3.8) is 0 Å². The van der Waals surface area contributed by atoms with Gasteiger partial charge in [0.25, 0.3) is 23.6 Å². The fraction of sp³-hybridized carbons (Fsp3) is 0.629. The van der Waals surface area contributed by atoms with E-state index >= 15 is 0 Å². The average molecular weight is 1100 g/mol. The van der Waals surface area contributed by atoms with Crippen molar-refractivity contribution in [3.8, 4) is 0 Å². The Kier molecular flexibility index (Phi) is 30.9. The SMILES string of the molecule is CC(C)(C)OC(=O)NPNC(=O)C(C(=O)O)(C(=O)O)C(=O)NPNC(=O)OC(C)(C)C.CC(C)(C)OC(=O)O.CC(C)(C)OC(=O)OC(=O)OC(C)(C)C.NPNC(=O)C(C(=O)O)(C(=O)O)C(=O)NPN. The molecule has 0 aromatic heterocycles. The minimum atomic E-state index is -3.58. The van der Waals surface area contributed by atoms with Crippen LogP contribution in [0.1, 0.15) is 104 Å². The molecule has 0 spiro atoms. The maximum atomic E-state index is 12.3. The molecular formula is C35H64N8O24P4. The van der Waals surface area contributed by atoms with E-state index in [2.05, 4.69) is 19.6 Å². The third kappa shape index (κ3) is 31.0. The molecule has 0 aromatic carbocycles. The number of carbonyl (C=O) groups excluding carboxylic acids is 8. The molecule has 4 atom stereocenters. The second kappa shape index (κ2) is 30.6. The number of ether oxygens (including phenoxy) is 6. The Hall–Kier alpha value is -6.05. The van der Waals surface area contributed by atoms with E-state index in [9.17, 15) is 72.5 Å². The van der Waals surface area contributed by atoms with E-state index in [1.165, 1.54) is 0 Å². The Morgan fingerprint density at radius 2 is 0.577 bits per heavy atom. The van der Waals surface area contributed by atoms with Crippen LogP contribution < -0.4 is 41.5 Å². The van der Waals surface area contributed by atoms with Gasteiger partial charge in [0.15, 0.2) is 0 Å². The smallest absolute Gasteiger partial charge is 0.480 e. The number of aliphatic carboxylic acids is 4. The zero-order chi connectivity index (χ0) is 57.3. The molecule has 0 radical (unpaired) electrons. The molecule has 0 aliphatic rings. The van der Waals surface area contributed by atoms with Crippen molar-refractivity contribution >= 4 is 114 Å². The van der Waals surface area contributed by atoms with Crippen molar-refractivity contribution < 1.29 is 116 Å². The molecule has 15 N–H and O–H groups in total. The van der Waals surface area contributed by atoms with Crippen molar-refractivity contribution in [1.29, 1.82) is 0 Å². The normalized spacial score (nSPS) is 12.0. The van der Waals surface area contributed by atoms with Gasteiger partial charge in [-0.2, -0.15) is 0 Å². The number of rotatable bonds is 14. The lowest BCUT2D eigenvalue weighted by molar-refractivity contribution is -0.174. The Balaban J connectivity index is -0.000000471. The quantitative estimate of drug-likeness (QED) is 0.0512. The fourth-order valence-electron chi connectivity index (χ4n) is 3.43. The molecule has 0 saturated heterocycles. The highest BCUT2D eigenvalue weighted by atomic mass is 31.1. The zero-order valence-corrected chi connectivity index (χ0v) is 45.1. The Morgan fingerprint density at radius 3 is 0.746 bits per heavy atom. The monoisotopic (exact) mass is 1100 g/mol. The molecule has 408 valence electrons.